The maximum atomic E-state index is 12.6. The second-order valence-corrected chi connectivity index (χ2v) is 4.31. The molecule has 17 heavy (non-hydrogen) atoms. The monoisotopic (exact) mass is 229 g/mol. The summed E-state index contributed by atoms with van der Waals surface area (Å²) in [5.41, 5.74) is 3.25. The van der Waals surface area contributed by atoms with Crippen molar-refractivity contribution in [3.8, 4) is 0 Å². The fourth-order valence-electron chi connectivity index (χ4n) is 1.77. The van der Waals surface area contributed by atoms with Crippen LogP contribution in [0.4, 0.5) is 4.39 Å². The van der Waals surface area contributed by atoms with Crippen molar-refractivity contribution in [2.24, 2.45) is 4.99 Å². The molecule has 0 atom stereocenters. The van der Waals surface area contributed by atoms with E-state index in [9.17, 15) is 4.39 Å². The molecule has 0 N–H and O–H groups in total. The summed E-state index contributed by atoms with van der Waals surface area (Å²) in [5.74, 6) is 0.310. The first-order valence-corrected chi connectivity index (χ1v) is 5.83. The van der Waals surface area contributed by atoms with Crippen molar-refractivity contribution in [1.29, 1.82) is 0 Å². The molecule has 1 fully saturated rings. The van der Waals surface area contributed by atoms with Gasteiger partial charge in [0.15, 0.2) is 5.97 Å². The smallest absolute Gasteiger partial charge is 0.185 e. The summed E-state index contributed by atoms with van der Waals surface area (Å²) in [6, 6.07) is 8.36. The molecule has 0 radical (unpaired) electrons. The highest BCUT2D eigenvalue weighted by Gasteiger charge is 2.22. The molecule has 0 amide bonds. The largest absolute Gasteiger partial charge is 0.232 e. The van der Waals surface area contributed by atoms with Gasteiger partial charge in [-0.15, -0.1) is 0 Å². The first-order chi connectivity index (χ1) is 8.20. The van der Waals surface area contributed by atoms with E-state index >= 15 is 0 Å². The summed E-state index contributed by atoms with van der Waals surface area (Å²) >= 11 is 0. The summed E-state index contributed by atoms with van der Waals surface area (Å²) < 4.78 is 12.6. The topological polar surface area (TPSA) is 12.4 Å². The Labute approximate surface area is 101 Å². The van der Waals surface area contributed by atoms with E-state index in [1.54, 1.807) is 6.08 Å². The molecule has 0 unspecified atom stereocenters. The van der Waals surface area contributed by atoms with E-state index < -0.39 is 5.97 Å². The number of aliphatic imine (C=N–C) groups is 1. The van der Waals surface area contributed by atoms with Crippen LogP contribution in [0.15, 0.2) is 48.1 Å². The number of halogens is 1. The lowest BCUT2D eigenvalue weighted by Gasteiger charge is -2.03. The van der Waals surface area contributed by atoms with Crippen LogP contribution in [0.1, 0.15) is 36.8 Å². The molecule has 1 aliphatic carbocycles. The van der Waals surface area contributed by atoms with Gasteiger partial charge in [-0.05, 0) is 35.5 Å². The molecule has 0 aliphatic heterocycles. The third kappa shape index (κ3) is 3.13. The van der Waals surface area contributed by atoms with E-state index in [1.807, 2.05) is 12.1 Å². The number of hydrogen-bond acceptors (Lipinski definition) is 1. The number of allylic oxidation sites excluding steroid dienone is 2. The standard InChI is InChI=1S/C15H16FN/c1-3-12(10-17-11(2)16)13-4-6-14(7-5-13)15-8-9-15/h3-7,10,15H,1,8-9H2,2H3/b12-10+,17-11?. The second-order valence-electron chi connectivity index (χ2n) is 4.31. The minimum atomic E-state index is -0.445. The van der Waals surface area contributed by atoms with E-state index in [4.69, 9.17) is 0 Å². The molecule has 1 nitrogen and oxygen atoms in total. The minimum absolute atomic E-state index is 0.445. The van der Waals surface area contributed by atoms with Gasteiger partial charge in [-0.1, -0.05) is 36.9 Å². The van der Waals surface area contributed by atoms with E-state index in [2.05, 4.69) is 23.7 Å². The van der Waals surface area contributed by atoms with Crippen molar-refractivity contribution in [2.75, 3.05) is 0 Å². The Hall–Kier alpha value is -1.70. The van der Waals surface area contributed by atoms with E-state index in [1.165, 1.54) is 31.5 Å². The maximum Gasteiger partial charge on any atom is 0.185 e. The lowest BCUT2D eigenvalue weighted by atomic mass is 10.0. The summed E-state index contributed by atoms with van der Waals surface area (Å²) in [6.45, 7) is 5.05. The van der Waals surface area contributed by atoms with Crippen LogP contribution in [0.2, 0.25) is 0 Å². The van der Waals surface area contributed by atoms with Crippen molar-refractivity contribution in [3.63, 3.8) is 0 Å². The SMILES string of the molecule is C=C/C(=C\N=C(C)F)c1ccc(C2CC2)cc1. The molecule has 0 bridgehead atoms. The predicted molar refractivity (Wildman–Crippen MR) is 70.8 cm³/mol. The molecule has 1 aromatic carbocycles. The predicted octanol–water partition coefficient (Wildman–Crippen LogP) is 4.48. The van der Waals surface area contributed by atoms with Crippen LogP contribution in [-0.2, 0) is 0 Å². The Morgan fingerprint density at radius 2 is 2.00 bits per heavy atom. The Bertz CT molecular complexity index is 460. The van der Waals surface area contributed by atoms with Crippen LogP contribution in [0, 0.1) is 0 Å². The Balaban J connectivity index is 2.21. The molecule has 1 saturated carbocycles. The summed E-state index contributed by atoms with van der Waals surface area (Å²) in [7, 11) is 0. The number of rotatable bonds is 4. The maximum absolute atomic E-state index is 12.6. The molecule has 1 aromatic rings. The van der Waals surface area contributed by atoms with Crippen LogP contribution >= 0.6 is 0 Å². The van der Waals surface area contributed by atoms with Crippen molar-refractivity contribution in [2.45, 2.75) is 25.7 Å². The van der Waals surface area contributed by atoms with Crippen molar-refractivity contribution in [1.82, 2.24) is 0 Å². The quantitative estimate of drug-likeness (QED) is 0.533. The fourth-order valence-corrected chi connectivity index (χ4v) is 1.77. The van der Waals surface area contributed by atoms with Gasteiger partial charge in [-0.3, -0.25) is 0 Å². The molecule has 0 spiro atoms. The first kappa shape index (κ1) is 11.8. The highest BCUT2D eigenvalue weighted by atomic mass is 19.1. The van der Waals surface area contributed by atoms with E-state index in [0.29, 0.717) is 0 Å². The van der Waals surface area contributed by atoms with Crippen molar-refractivity contribution in [3.05, 3.63) is 54.2 Å². The van der Waals surface area contributed by atoms with Crippen LogP contribution < -0.4 is 0 Å². The average Bonchev–Trinajstić information content (AvgIpc) is 3.14. The van der Waals surface area contributed by atoms with E-state index in [-0.39, 0.29) is 0 Å². The van der Waals surface area contributed by atoms with Crippen molar-refractivity contribution < 1.29 is 4.39 Å². The van der Waals surface area contributed by atoms with Crippen LogP contribution in [0.3, 0.4) is 0 Å². The van der Waals surface area contributed by atoms with Gasteiger partial charge in [-0.2, -0.15) is 4.39 Å². The molecular weight excluding hydrogens is 213 g/mol. The van der Waals surface area contributed by atoms with Gasteiger partial charge in [0.25, 0.3) is 0 Å². The van der Waals surface area contributed by atoms with Gasteiger partial charge in [0.2, 0.25) is 0 Å². The number of nitrogens with zero attached hydrogens (tertiary/aromatic N) is 1. The lowest BCUT2D eigenvalue weighted by molar-refractivity contribution is 0.798. The van der Waals surface area contributed by atoms with Crippen LogP contribution in [-0.4, -0.2) is 5.97 Å². The molecule has 88 valence electrons. The molecule has 1 aliphatic rings. The highest BCUT2D eigenvalue weighted by Crippen LogP contribution is 2.40. The Kier molecular flexibility index (Phi) is 3.52. The number of benzene rings is 1. The third-order valence-corrected chi connectivity index (χ3v) is 2.89. The van der Waals surface area contributed by atoms with E-state index in [0.717, 1.165) is 17.1 Å². The van der Waals surface area contributed by atoms with Gasteiger partial charge in [0, 0.05) is 13.1 Å². The zero-order valence-electron chi connectivity index (χ0n) is 9.99. The summed E-state index contributed by atoms with van der Waals surface area (Å²) in [4.78, 5) is 3.66. The Morgan fingerprint density at radius 3 is 2.47 bits per heavy atom. The van der Waals surface area contributed by atoms with Gasteiger partial charge < -0.3 is 0 Å². The second kappa shape index (κ2) is 5.09. The van der Waals surface area contributed by atoms with Gasteiger partial charge in [0.1, 0.15) is 0 Å². The molecule has 2 rings (SSSR count). The molecule has 2 heteroatoms. The number of hydrogen-bond donors (Lipinski definition) is 0. The van der Waals surface area contributed by atoms with Gasteiger partial charge in [-0.25, -0.2) is 4.99 Å². The minimum Gasteiger partial charge on any atom is -0.232 e. The Morgan fingerprint density at radius 1 is 1.35 bits per heavy atom. The van der Waals surface area contributed by atoms with Gasteiger partial charge in [0.05, 0.1) is 0 Å². The molecule has 0 heterocycles. The molecule has 0 aromatic heterocycles. The zero-order valence-corrected chi connectivity index (χ0v) is 9.99. The third-order valence-electron chi connectivity index (χ3n) is 2.89. The van der Waals surface area contributed by atoms with Crippen LogP contribution in [0.25, 0.3) is 5.57 Å². The normalized spacial score (nSPS) is 17.1. The molecule has 0 saturated heterocycles. The van der Waals surface area contributed by atoms with Gasteiger partial charge >= 0.3 is 0 Å². The molecular formula is C15H16FN. The summed E-state index contributed by atoms with van der Waals surface area (Å²) in [6.07, 6.45) is 5.80. The highest BCUT2D eigenvalue weighted by molar-refractivity contribution is 5.77. The average molecular weight is 229 g/mol. The van der Waals surface area contributed by atoms with Crippen molar-refractivity contribution >= 4 is 11.5 Å². The summed E-state index contributed by atoms with van der Waals surface area (Å²) in [5, 5.41) is 0. The zero-order chi connectivity index (χ0) is 12.3. The fraction of sp³-hybridized carbons (Fsp3) is 0.267. The van der Waals surface area contributed by atoms with Crippen LogP contribution in [0.5, 0.6) is 0 Å². The lowest BCUT2D eigenvalue weighted by Crippen LogP contribution is -1.84. The first-order valence-electron chi connectivity index (χ1n) is 5.83.